The average molecular weight is 308 g/mol. The summed E-state index contributed by atoms with van der Waals surface area (Å²) in [5.41, 5.74) is 16.9. The first kappa shape index (κ1) is 14.7. The third-order valence-corrected chi connectivity index (χ3v) is 5.52. The third-order valence-electron chi connectivity index (χ3n) is 4.10. The summed E-state index contributed by atoms with van der Waals surface area (Å²) in [6, 6.07) is 0. The summed E-state index contributed by atoms with van der Waals surface area (Å²) >= 11 is 0. The van der Waals surface area contributed by atoms with Crippen LogP contribution < -0.4 is 16.6 Å². The van der Waals surface area contributed by atoms with Gasteiger partial charge in [0, 0.05) is 38.4 Å². The van der Waals surface area contributed by atoms with E-state index in [2.05, 4.69) is 45.1 Å². The van der Waals surface area contributed by atoms with E-state index in [9.17, 15) is 0 Å². The summed E-state index contributed by atoms with van der Waals surface area (Å²) < 4.78 is 2.37. The van der Waals surface area contributed by atoms with Crippen LogP contribution in [0, 0.1) is 0 Å². The molecule has 3 heterocycles. The number of hydrazine groups is 2. The fourth-order valence-corrected chi connectivity index (χ4v) is 3.95. The van der Waals surface area contributed by atoms with Crippen LogP contribution in [0.2, 0.25) is 0 Å². The monoisotopic (exact) mass is 308 g/mol. The Kier molecular flexibility index (Phi) is 4.38. The lowest BCUT2D eigenvalue weighted by Gasteiger charge is -2.41. The molecule has 1 atom stereocenters. The predicted octanol–water partition coefficient (Wildman–Crippen LogP) is 0.514. The zero-order valence-electron chi connectivity index (χ0n) is 12.7. The Morgan fingerprint density at radius 3 is 2.29 bits per heavy atom. The van der Waals surface area contributed by atoms with Crippen LogP contribution in [0.25, 0.3) is 0 Å². The predicted molar refractivity (Wildman–Crippen MR) is 88.0 cm³/mol. The first-order chi connectivity index (χ1) is 10.2. The minimum Gasteiger partial charge on any atom is -0.398 e. The van der Waals surface area contributed by atoms with Crippen molar-refractivity contribution >= 4 is 8.73 Å². The Morgan fingerprint density at radius 1 is 1.19 bits per heavy atom. The van der Waals surface area contributed by atoms with Crippen molar-refractivity contribution in [2.45, 2.75) is 13.3 Å². The summed E-state index contributed by atoms with van der Waals surface area (Å²) in [4.78, 5) is 0. The van der Waals surface area contributed by atoms with Gasteiger partial charge in [-0.25, -0.2) is 10.9 Å². The van der Waals surface area contributed by atoms with Gasteiger partial charge < -0.3 is 20.4 Å². The number of rotatable bonds is 5. The Hall–Kier alpha value is -1.23. The normalized spacial score (nSPS) is 24.8. The summed E-state index contributed by atoms with van der Waals surface area (Å²) in [5.74, 6) is 0. The molecule has 0 aromatic heterocycles. The molecule has 0 amide bonds. The Morgan fingerprint density at radius 2 is 1.86 bits per heavy atom. The molecule has 0 spiro atoms. The molecule has 116 valence electrons. The van der Waals surface area contributed by atoms with E-state index in [4.69, 9.17) is 5.73 Å². The smallest absolute Gasteiger partial charge is 0.0744 e. The van der Waals surface area contributed by atoms with Crippen LogP contribution in [0.4, 0.5) is 0 Å². The molecule has 1 unspecified atom stereocenters. The van der Waals surface area contributed by atoms with Gasteiger partial charge in [-0.05, 0) is 34.3 Å². The van der Waals surface area contributed by atoms with E-state index in [1.54, 1.807) is 0 Å². The van der Waals surface area contributed by atoms with Gasteiger partial charge in [0.25, 0.3) is 0 Å². The first-order valence-electron chi connectivity index (χ1n) is 7.57. The second kappa shape index (κ2) is 6.26. The highest BCUT2D eigenvalue weighted by atomic mass is 31.1. The van der Waals surface area contributed by atoms with E-state index in [0.717, 1.165) is 47.2 Å². The molecule has 0 aliphatic carbocycles. The highest BCUT2D eigenvalue weighted by Crippen LogP contribution is 2.34. The zero-order chi connectivity index (χ0) is 14.8. The summed E-state index contributed by atoms with van der Waals surface area (Å²) in [6.07, 6.45) is 4.71. The van der Waals surface area contributed by atoms with E-state index < -0.39 is 0 Å². The molecule has 3 aliphatic heterocycles. The van der Waals surface area contributed by atoms with E-state index in [1.807, 2.05) is 0 Å². The van der Waals surface area contributed by atoms with E-state index in [1.165, 1.54) is 24.0 Å². The topological polar surface area (TPSA) is 59.8 Å². The van der Waals surface area contributed by atoms with Crippen molar-refractivity contribution in [3.05, 3.63) is 35.4 Å². The van der Waals surface area contributed by atoms with Gasteiger partial charge >= 0.3 is 0 Å². The van der Waals surface area contributed by atoms with Crippen molar-refractivity contribution in [1.82, 2.24) is 25.5 Å². The molecule has 3 aliphatic rings. The molecule has 0 aromatic carbocycles. The lowest BCUT2D eigenvalue weighted by atomic mass is 10.2. The third kappa shape index (κ3) is 3.03. The molecule has 3 saturated heterocycles. The highest BCUT2D eigenvalue weighted by molar-refractivity contribution is 7.35. The van der Waals surface area contributed by atoms with E-state index in [-0.39, 0.29) is 0 Å². The molecule has 0 saturated carbocycles. The molecular formula is C14H25N6P. The standard InChI is InChI=1S/C14H25N6P/c1-11(15)13(20-6-3-9-21-20)10-14(19-8-5-17-19)12(2)18-7-4-16-18/h10,16-17,21H,1,3-9,15H2,2H3/b13-10+,14-12-. The van der Waals surface area contributed by atoms with Crippen LogP contribution in [0.5, 0.6) is 0 Å². The minimum absolute atomic E-state index is 0.659. The summed E-state index contributed by atoms with van der Waals surface area (Å²) in [5, 5.41) is 4.38. The molecular weight excluding hydrogens is 283 g/mol. The number of nitrogens with one attached hydrogen (secondary N) is 2. The number of nitrogens with zero attached hydrogens (tertiary/aromatic N) is 3. The molecule has 3 rings (SSSR count). The zero-order valence-corrected chi connectivity index (χ0v) is 13.7. The molecule has 0 bridgehead atoms. The minimum atomic E-state index is 0.659. The van der Waals surface area contributed by atoms with Gasteiger partial charge in [-0.3, -0.25) is 0 Å². The number of hydrogen-bond acceptors (Lipinski definition) is 6. The lowest BCUT2D eigenvalue weighted by Crippen LogP contribution is -2.56. The van der Waals surface area contributed by atoms with Gasteiger partial charge in [0.1, 0.15) is 0 Å². The van der Waals surface area contributed by atoms with E-state index >= 15 is 0 Å². The van der Waals surface area contributed by atoms with Crippen molar-refractivity contribution in [3.8, 4) is 0 Å². The number of hydrogen-bond donors (Lipinski definition) is 3. The number of nitrogens with two attached hydrogens (primary N) is 1. The molecule has 3 fully saturated rings. The van der Waals surface area contributed by atoms with Crippen LogP contribution in [-0.2, 0) is 0 Å². The van der Waals surface area contributed by atoms with Crippen LogP contribution in [0.1, 0.15) is 13.3 Å². The van der Waals surface area contributed by atoms with Crippen LogP contribution in [0.15, 0.2) is 35.4 Å². The Bertz CT molecular complexity index is 472. The number of allylic oxidation sites excluding steroid dienone is 2. The van der Waals surface area contributed by atoms with Crippen molar-refractivity contribution in [2.24, 2.45) is 5.73 Å². The molecule has 6 nitrogen and oxygen atoms in total. The molecule has 0 radical (unpaired) electrons. The molecule has 4 N–H and O–H groups in total. The second-order valence-corrected chi connectivity index (χ2v) is 6.91. The maximum Gasteiger partial charge on any atom is 0.0744 e. The van der Waals surface area contributed by atoms with Gasteiger partial charge in [-0.2, -0.15) is 0 Å². The highest BCUT2D eigenvalue weighted by Gasteiger charge is 2.25. The van der Waals surface area contributed by atoms with Crippen molar-refractivity contribution in [1.29, 1.82) is 0 Å². The maximum absolute atomic E-state index is 6.06. The van der Waals surface area contributed by atoms with Crippen molar-refractivity contribution in [2.75, 3.05) is 38.9 Å². The lowest BCUT2D eigenvalue weighted by molar-refractivity contribution is 0.119. The molecule has 7 heteroatoms. The van der Waals surface area contributed by atoms with Gasteiger partial charge in [0.15, 0.2) is 0 Å². The van der Waals surface area contributed by atoms with Crippen molar-refractivity contribution in [3.63, 3.8) is 0 Å². The average Bonchev–Trinajstić information content (AvgIpc) is 2.82. The largest absolute Gasteiger partial charge is 0.398 e. The van der Waals surface area contributed by atoms with Gasteiger partial charge in [-0.1, -0.05) is 6.58 Å². The van der Waals surface area contributed by atoms with Crippen LogP contribution in [0.3, 0.4) is 0 Å². The van der Waals surface area contributed by atoms with Gasteiger partial charge in [0.2, 0.25) is 0 Å². The van der Waals surface area contributed by atoms with E-state index in [0.29, 0.717) is 5.70 Å². The van der Waals surface area contributed by atoms with Gasteiger partial charge in [0.05, 0.1) is 17.1 Å². The van der Waals surface area contributed by atoms with Crippen molar-refractivity contribution < 1.29 is 0 Å². The fourth-order valence-electron chi connectivity index (χ4n) is 2.66. The fraction of sp³-hybridized carbons (Fsp3) is 0.571. The quantitative estimate of drug-likeness (QED) is 0.508. The van der Waals surface area contributed by atoms with Crippen LogP contribution >= 0.6 is 8.73 Å². The summed E-state index contributed by atoms with van der Waals surface area (Å²) in [7, 11) is 0.820. The van der Waals surface area contributed by atoms with Crippen LogP contribution in [-0.4, -0.2) is 53.6 Å². The molecule has 0 aromatic rings. The Balaban J connectivity index is 1.90. The SMILES string of the molecule is C=C(N)/C(=C\C(=C(/C)N1CCN1)N1CCN1)N1CCCP1. The first-order valence-corrected chi connectivity index (χ1v) is 8.72. The van der Waals surface area contributed by atoms with Gasteiger partial charge in [-0.15, -0.1) is 0 Å². The Labute approximate surface area is 128 Å². The second-order valence-electron chi connectivity index (χ2n) is 5.56. The maximum atomic E-state index is 6.06. The summed E-state index contributed by atoms with van der Waals surface area (Å²) in [6.45, 7) is 11.4. The molecule has 21 heavy (non-hydrogen) atoms.